The van der Waals surface area contributed by atoms with E-state index >= 15 is 0 Å². The van der Waals surface area contributed by atoms with Gasteiger partial charge < -0.3 is 14.4 Å². The molecule has 0 atom stereocenters. The van der Waals surface area contributed by atoms with Gasteiger partial charge in [0.15, 0.2) is 5.16 Å². The van der Waals surface area contributed by atoms with Crippen LogP contribution in [0.25, 0.3) is 0 Å². The Labute approximate surface area is 105 Å². The van der Waals surface area contributed by atoms with Gasteiger partial charge in [0.2, 0.25) is 0 Å². The lowest BCUT2D eigenvalue weighted by atomic mass is 10.1. The molecule has 0 saturated heterocycles. The minimum atomic E-state index is -0.841. The standard InChI is InChI=1S/C11H18N2O3S/c1-8-5-13(11(2,3)7-16-4)10(12-8)17-6-9(14)15/h5H,6-7H2,1-4H3,(H,14,15). The molecule has 0 aromatic carbocycles. The largest absolute Gasteiger partial charge is 0.481 e. The number of carboxylic acids is 1. The van der Waals surface area contributed by atoms with E-state index in [0.29, 0.717) is 11.8 Å². The zero-order valence-electron chi connectivity index (χ0n) is 10.6. The van der Waals surface area contributed by atoms with E-state index in [0.717, 1.165) is 5.69 Å². The minimum Gasteiger partial charge on any atom is -0.481 e. The summed E-state index contributed by atoms with van der Waals surface area (Å²) < 4.78 is 7.15. The van der Waals surface area contributed by atoms with Gasteiger partial charge in [0.1, 0.15) is 0 Å². The number of ether oxygens (including phenoxy) is 1. The molecule has 5 nitrogen and oxygen atoms in total. The molecular weight excluding hydrogens is 240 g/mol. The number of hydrogen-bond donors (Lipinski definition) is 1. The molecule has 1 N–H and O–H groups in total. The summed E-state index contributed by atoms with van der Waals surface area (Å²) in [5.74, 6) is -0.828. The Kier molecular flexibility index (Phi) is 4.59. The fourth-order valence-corrected chi connectivity index (χ4v) is 2.46. The van der Waals surface area contributed by atoms with Crippen LogP contribution in [0, 0.1) is 6.92 Å². The van der Waals surface area contributed by atoms with Gasteiger partial charge in [-0.15, -0.1) is 0 Å². The number of methoxy groups -OCH3 is 1. The molecule has 0 bridgehead atoms. The monoisotopic (exact) mass is 258 g/mol. The average molecular weight is 258 g/mol. The maximum absolute atomic E-state index is 10.6. The molecule has 1 rings (SSSR count). The van der Waals surface area contributed by atoms with Crippen molar-refractivity contribution in [1.29, 1.82) is 0 Å². The van der Waals surface area contributed by atoms with Crippen LogP contribution in [-0.4, -0.2) is 40.1 Å². The van der Waals surface area contributed by atoms with Gasteiger partial charge in [0, 0.05) is 13.3 Å². The van der Waals surface area contributed by atoms with Crippen LogP contribution in [0.1, 0.15) is 19.5 Å². The number of aryl methyl sites for hydroxylation is 1. The topological polar surface area (TPSA) is 64.4 Å². The van der Waals surface area contributed by atoms with Crippen LogP contribution in [0.3, 0.4) is 0 Å². The van der Waals surface area contributed by atoms with E-state index in [1.54, 1.807) is 7.11 Å². The zero-order chi connectivity index (χ0) is 13.1. The van der Waals surface area contributed by atoms with E-state index < -0.39 is 5.97 Å². The van der Waals surface area contributed by atoms with Crippen molar-refractivity contribution in [2.75, 3.05) is 19.5 Å². The predicted octanol–water partition coefficient (Wildman–Crippen LogP) is 1.75. The molecule has 0 amide bonds. The molecule has 1 aromatic rings. The fourth-order valence-electron chi connectivity index (χ4n) is 1.56. The van der Waals surface area contributed by atoms with Crippen LogP contribution in [0.4, 0.5) is 0 Å². The SMILES string of the molecule is COCC(C)(C)n1cc(C)nc1SCC(=O)O. The minimum absolute atomic E-state index is 0.0134. The number of aliphatic carboxylic acids is 1. The van der Waals surface area contributed by atoms with E-state index in [9.17, 15) is 4.79 Å². The van der Waals surface area contributed by atoms with Crippen molar-refractivity contribution >= 4 is 17.7 Å². The molecule has 0 radical (unpaired) electrons. The van der Waals surface area contributed by atoms with Gasteiger partial charge in [0.05, 0.1) is 23.6 Å². The number of rotatable bonds is 6. The van der Waals surface area contributed by atoms with Gasteiger partial charge in [0.25, 0.3) is 0 Å². The van der Waals surface area contributed by atoms with Crippen LogP contribution in [0.15, 0.2) is 11.4 Å². The highest BCUT2D eigenvalue weighted by Gasteiger charge is 2.24. The molecule has 0 spiro atoms. The lowest BCUT2D eigenvalue weighted by molar-refractivity contribution is -0.133. The number of nitrogens with zero attached hydrogens (tertiary/aromatic N) is 2. The molecule has 0 fully saturated rings. The highest BCUT2D eigenvalue weighted by Crippen LogP contribution is 2.25. The summed E-state index contributed by atoms with van der Waals surface area (Å²) in [4.78, 5) is 14.9. The Morgan fingerprint density at radius 1 is 1.65 bits per heavy atom. The average Bonchev–Trinajstić information content (AvgIpc) is 2.57. The summed E-state index contributed by atoms with van der Waals surface area (Å²) in [5.41, 5.74) is 0.638. The third-order valence-electron chi connectivity index (χ3n) is 2.27. The third-order valence-corrected chi connectivity index (χ3v) is 3.21. The first-order valence-corrected chi connectivity index (χ1v) is 6.25. The van der Waals surface area contributed by atoms with E-state index in [4.69, 9.17) is 9.84 Å². The van der Waals surface area contributed by atoms with E-state index in [2.05, 4.69) is 4.98 Å². The van der Waals surface area contributed by atoms with Gasteiger partial charge in [-0.2, -0.15) is 0 Å². The molecule has 0 saturated carbocycles. The Balaban J connectivity index is 2.94. The number of carbonyl (C=O) groups is 1. The van der Waals surface area contributed by atoms with Crippen molar-refractivity contribution in [2.24, 2.45) is 0 Å². The second-order valence-corrected chi connectivity index (χ2v) is 5.41. The maximum Gasteiger partial charge on any atom is 0.313 e. The van der Waals surface area contributed by atoms with Gasteiger partial charge in [-0.05, 0) is 20.8 Å². The predicted molar refractivity (Wildman–Crippen MR) is 66.5 cm³/mol. The van der Waals surface area contributed by atoms with Crippen molar-refractivity contribution < 1.29 is 14.6 Å². The summed E-state index contributed by atoms with van der Waals surface area (Å²) in [6.07, 6.45) is 1.92. The molecule has 0 aliphatic carbocycles. The van der Waals surface area contributed by atoms with Gasteiger partial charge in [-0.3, -0.25) is 4.79 Å². The molecule has 17 heavy (non-hydrogen) atoms. The van der Waals surface area contributed by atoms with E-state index in [-0.39, 0.29) is 11.3 Å². The Morgan fingerprint density at radius 3 is 2.82 bits per heavy atom. The number of thioether (sulfide) groups is 1. The summed E-state index contributed by atoms with van der Waals surface area (Å²) in [6.45, 7) is 6.50. The molecule has 6 heteroatoms. The van der Waals surface area contributed by atoms with Crippen LogP contribution in [0.2, 0.25) is 0 Å². The normalized spacial score (nSPS) is 11.8. The summed E-state index contributed by atoms with van der Waals surface area (Å²) >= 11 is 1.23. The van der Waals surface area contributed by atoms with Crippen molar-refractivity contribution in [2.45, 2.75) is 31.5 Å². The molecular formula is C11H18N2O3S. The highest BCUT2D eigenvalue weighted by molar-refractivity contribution is 7.99. The summed E-state index contributed by atoms with van der Waals surface area (Å²) in [7, 11) is 1.65. The number of hydrogen-bond acceptors (Lipinski definition) is 4. The summed E-state index contributed by atoms with van der Waals surface area (Å²) in [5, 5.41) is 9.41. The number of aromatic nitrogens is 2. The molecule has 1 heterocycles. The Morgan fingerprint density at radius 2 is 2.29 bits per heavy atom. The first-order chi connectivity index (χ1) is 7.86. The van der Waals surface area contributed by atoms with Crippen LogP contribution in [0.5, 0.6) is 0 Å². The van der Waals surface area contributed by atoms with Crippen LogP contribution < -0.4 is 0 Å². The van der Waals surface area contributed by atoms with E-state index in [1.807, 2.05) is 31.5 Å². The smallest absolute Gasteiger partial charge is 0.313 e. The third kappa shape index (κ3) is 3.74. The van der Waals surface area contributed by atoms with Crippen molar-refractivity contribution in [3.63, 3.8) is 0 Å². The van der Waals surface area contributed by atoms with Gasteiger partial charge >= 0.3 is 5.97 Å². The molecule has 0 aliphatic heterocycles. The van der Waals surface area contributed by atoms with E-state index in [1.165, 1.54) is 11.8 Å². The lowest BCUT2D eigenvalue weighted by Crippen LogP contribution is -2.31. The van der Waals surface area contributed by atoms with Crippen LogP contribution >= 0.6 is 11.8 Å². The second-order valence-electron chi connectivity index (χ2n) is 4.46. The number of imidazole rings is 1. The second kappa shape index (κ2) is 5.55. The molecule has 0 unspecified atom stereocenters. The van der Waals surface area contributed by atoms with Crippen molar-refractivity contribution in [1.82, 2.24) is 9.55 Å². The Bertz CT molecular complexity index is 401. The molecule has 96 valence electrons. The van der Waals surface area contributed by atoms with Crippen molar-refractivity contribution in [3.05, 3.63) is 11.9 Å². The Hall–Kier alpha value is -1.01. The summed E-state index contributed by atoms with van der Waals surface area (Å²) in [6, 6.07) is 0. The quantitative estimate of drug-likeness (QED) is 0.787. The maximum atomic E-state index is 10.6. The van der Waals surface area contributed by atoms with Gasteiger partial charge in [-0.25, -0.2) is 4.98 Å². The molecule has 1 aromatic heterocycles. The zero-order valence-corrected chi connectivity index (χ0v) is 11.4. The molecule has 0 aliphatic rings. The van der Waals surface area contributed by atoms with Crippen molar-refractivity contribution in [3.8, 4) is 0 Å². The number of carboxylic acid groups (broad SMARTS) is 1. The first-order valence-electron chi connectivity index (χ1n) is 5.27. The van der Waals surface area contributed by atoms with Crippen LogP contribution in [-0.2, 0) is 15.1 Å². The highest BCUT2D eigenvalue weighted by atomic mass is 32.2. The lowest BCUT2D eigenvalue weighted by Gasteiger charge is -2.27. The van der Waals surface area contributed by atoms with Gasteiger partial charge in [-0.1, -0.05) is 11.8 Å². The fraction of sp³-hybridized carbons (Fsp3) is 0.636. The first kappa shape index (κ1) is 14.1.